The van der Waals surface area contributed by atoms with Gasteiger partial charge in [0.25, 0.3) is 5.56 Å². The number of aromatic nitrogens is 2. The minimum absolute atomic E-state index is 0.0335. The third-order valence-corrected chi connectivity index (χ3v) is 7.20. The third-order valence-electron chi connectivity index (χ3n) is 5.01. The molecule has 0 aliphatic heterocycles. The first-order valence-electron chi connectivity index (χ1n) is 9.14. The number of ketones is 1. The number of aryl methyl sites for hydroxylation is 4. The summed E-state index contributed by atoms with van der Waals surface area (Å²) in [5.41, 5.74) is 3.85. The number of hydrogen-bond acceptors (Lipinski definition) is 5. The molecule has 0 aliphatic rings. The van der Waals surface area contributed by atoms with Crippen LogP contribution in [0.3, 0.4) is 0 Å². The van der Waals surface area contributed by atoms with E-state index in [1.165, 1.54) is 23.1 Å². The summed E-state index contributed by atoms with van der Waals surface area (Å²) in [6.07, 6.45) is 1.68. The number of Topliss-reactive ketones (excluding diaryl/α,β-unsaturated/α-hetero) is 1. The first kappa shape index (κ1) is 20.6. The maximum atomic E-state index is 13.1. The molecule has 0 saturated heterocycles. The zero-order valence-corrected chi connectivity index (χ0v) is 18.5. The standard InChI is InChI=1S/C22H24N2O2S2/c1-7-10-24-21(26)18-14(4)15(5)27-20(18)23-22(24)28-16(6)19(25)17-9-8-12(2)13(3)11-17/h7-9,11,16H,1,10H2,2-6H3/t16-/m1/s1. The SMILES string of the molecule is C=CCn1c(S[C@H](C)C(=O)c2ccc(C)c(C)c2)nc2sc(C)c(C)c2c1=O. The molecule has 2 aromatic heterocycles. The van der Waals surface area contributed by atoms with Crippen LogP contribution >= 0.6 is 23.1 Å². The second kappa shape index (κ2) is 8.05. The van der Waals surface area contributed by atoms with Crippen LogP contribution < -0.4 is 5.56 Å². The number of thioether (sulfide) groups is 1. The van der Waals surface area contributed by atoms with Crippen LogP contribution in [-0.2, 0) is 6.54 Å². The topological polar surface area (TPSA) is 52.0 Å². The number of fused-ring (bicyclic) bond motifs is 1. The molecule has 4 nitrogen and oxygen atoms in total. The molecule has 1 aromatic carbocycles. The van der Waals surface area contributed by atoms with Gasteiger partial charge in [0.1, 0.15) is 4.83 Å². The molecule has 0 unspecified atom stereocenters. The van der Waals surface area contributed by atoms with Gasteiger partial charge in [-0.3, -0.25) is 14.2 Å². The molecule has 3 aromatic rings. The van der Waals surface area contributed by atoms with Crippen LogP contribution in [0.2, 0.25) is 0 Å². The summed E-state index contributed by atoms with van der Waals surface area (Å²) in [6.45, 7) is 14.0. The molecular weight excluding hydrogens is 388 g/mol. The van der Waals surface area contributed by atoms with Crippen molar-refractivity contribution in [2.75, 3.05) is 0 Å². The van der Waals surface area contributed by atoms with Crippen molar-refractivity contribution in [1.29, 1.82) is 0 Å². The van der Waals surface area contributed by atoms with E-state index in [9.17, 15) is 9.59 Å². The van der Waals surface area contributed by atoms with Gasteiger partial charge in [-0.15, -0.1) is 17.9 Å². The highest BCUT2D eigenvalue weighted by Gasteiger charge is 2.22. The van der Waals surface area contributed by atoms with Crippen LogP contribution in [0.4, 0.5) is 0 Å². The highest BCUT2D eigenvalue weighted by atomic mass is 32.2. The fraction of sp³-hybridized carbons (Fsp3) is 0.318. The zero-order valence-electron chi connectivity index (χ0n) is 16.8. The maximum absolute atomic E-state index is 13.1. The Morgan fingerprint density at radius 3 is 2.64 bits per heavy atom. The number of thiophene rings is 1. The van der Waals surface area contributed by atoms with Crippen molar-refractivity contribution in [1.82, 2.24) is 9.55 Å². The van der Waals surface area contributed by atoms with E-state index in [1.807, 2.05) is 52.8 Å². The maximum Gasteiger partial charge on any atom is 0.263 e. The van der Waals surface area contributed by atoms with Crippen molar-refractivity contribution < 1.29 is 4.79 Å². The molecule has 3 rings (SSSR count). The molecule has 0 radical (unpaired) electrons. The average molecular weight is 413 g/mol. The normalized spacial score (nSPS) is 12.3. The fourth-order valence-electron chi connectivity index (χ4n) is 3.03. The van der Waals surface area contributed by atoms with Gasteiger partial charge in [-0.1, -0.05) is 30.0 Å². The summed E-state index contributed by atoms with van der Waals surface area (Å²) in [6, 6.07) is 5.75. The molecule has 146 valence electrons. The summed E-state index contributed by atoms with van der Waals surface area (Å²) in [4.78, 5) is 32.5. The summed E-state index contributed by atoms with van der Waals surface area (Å²) in [7, 11) is 0. The molecule has 0 spiro atoms. The Morgan fingerprint density at radius 1 is 1.29 bits per heavy atom. The largest absolute Gasteiger partial charge is 0.293 e. The van der Waals surface area contributed by atoms with E-state index >= 15 is 0 Å². The van der Waals surface area contributed by atoms with Gasteiger partial charge in [-0.2, -0.15) is 0 Å². The Hall–Kier alpha value is -2.18. The van der Waals surface area contributed by atoms with E-state index < -0.39 is 0 Å². The quantitative estimate of drug-likeness (QED) is 0.240. The Bertz CT molecular complexity index is 1140. The highest BCUT2D eigenvalue weighted by Crippen LogP contribution is 2.30. The van der Waals surface area contributed by atoms with E-state index in [-0.39, 0.29) is 16.6 Å². The summed E-state index contributed by atoms with van der Waals surface area (Å²) in [5.74, 6) is 0.0335. The number of rotatable bonds is 6. The van der Waals surface area contributed by atoms with Crippen molar-refractivity contribution >= 4 is 39.1 Å². The van der Waals surface area contributed by atoms with Gasteiger partial charge >= 0.3 is 0 Å². The molecule has 0 amide bonds. The number of carbonyl (C=O) groups is 1. The predicted molar refractivity (Wildman–Crippen MR) is 119 cm³/mol. The van der Waals surface area contributed by atoms with Gasteiger partial charge in [0.05, 0.1) is 10.6 Å². The molecule has 0 N–H and O–H groups in total. The van der Waals surface area contributed by atoms with Gasteiger partial charge in [-0.05, 0) is 57.4 Å². The first-order chi connectivity index (χ1) is 13.2. The molecule has 1 atom stereocenters. The molecule has 0 fully saturated rings. The monoisotopic (exact) mass is 412 g/mol. The minimum atomic E-state index is -0.357. The zero-order chi connectivity index (χ0) is 20.6. The molecule has 6 heteroatoms. The van der Waals surface area contributed by atoms with Gasteiger partial charge in [0, 0.05) is 17.0 Å². The summed E-state index contributed by atoms with van der Waals surface area (Å²) < 4.78 is 1.61. The molecule has 0 bridgehead atoms. The number of carbonyl (C=O) groups excluding carboxylic acids is 1. The molecule has 28 heavy (non-hydrogen) atoms. The van der Waals surface area contributed by atoms with Gasteiger partial charge in [0.15, 0.2) is 10.9 Å². The molecule has 0 saturated carbocycles. The Morgan fingerprint density at radius 2 is 2.00 bits per heavy atom. The Labute approximate surface area is 173 Å². The van der Waals surface area contributed by atoms with Crippen LogP contribution in [-0.4, -0.2) is 20.6 Å². The van der Waals surface area contributed by atoms with Gasteiger partial charge in [-0.25, -0.2) is 4.98 Å². The lowest BCUT2D eigenvalue weighted by molar-refractivity contribution is 0.0993. The lowest BCUT2D eigenvalue weighted by Crippen LogP contribution is -2.24. The average Bonchev–Trinajstić information content (AvgIpc) is 2.94. The van der Waals surface area contributed by atoms with E-state index in [0.717, 1.165) is 26.4 Å². The van der Waals surface area contributed by atoms with Gasteiger partial charge in [0.2, 0.25) is 0 Å². The van der Waals surface area contributed by atoms with Crippen LogP contribution in [0.25, 0.3) is 10.2 Å². The van der Waals surface area contributed by atoms with Crippen molar-refractivity contribution in [3.63, 3.8) is 0 Å². The number of benzene rings is 1. The van der Waals surface area contributed by atoms with Crippen LogP contribution in [0.15, 0.2) is 40.8 Å². The fourth-order valence-corrected chi connectivity index (χ4v) is 5.10. The molecular formula is C22H24N2O2S2. The predicted octanol–water partition coefficient (Wildman–Crippen LogP) is 5.24. The van der Waals surface area contributed by atoms with Crippen molar-refractivity contribution in [3.05, 3.63) is 68.3 Å². The molecule has 2 heterocycles. The second-order valence-corrected chi connectivity index (χ2v) is 9.50. The highest BCUT2D eigenvalue weighted by molar-refractivity contribution is 8.00. The van der Waals surface area contributed by atoms with E-state index in [0.29, 0.717) is 22.7 Å². The van der Waals surface area contributed by atoms with E-state index in [4.69, 9.17) is 4.98 Å². The lowest BCUT2D eigenvalue weighted by atomic mass is 10.0. The second-order valence-electron chi connectivity index (χ2n) is 6.99. The van der Waals surface area contributed by atoms with E-state index in [2.05, 4.69) is 6.58 Å². The van der Waals surface area contributed by atoms with Crippen molar-refractivity contribution in [2.24, 2.45) is 0 Å². The van der Waals surface area contributed by atoms with Crippen molar-refractivity contribution in [2.45, 2.75) is 51.6 Å². The Kier molecular flexibility index (Phi) is 5.91. The van der Waals surface area contributed by atoms with Crippen molar-refractivity contribution in [3.8, 4) is 0 Å². The number of allylic oxidation sites excluding steroid dienone is 1. The smallest absolute Gasteiger partial charge is 0.263 e. The summed E-state index contributed by atoms with van der Waals surface area (Å²) >= 11 is 2.85. The first-order valence-corrected chi connectivity index (χ1v) is 10.8. The minimum Gasteiger partial charge on any atom is -0.293 e. The lowest BCUT2D eigenvalue weighted by Gasteiger charge is -2.15. The van der Waals surface area contributed by atoms with Crippen LogP contribution in [0.1, 0.15) is 38.8 Å². The van der Waals surface area contributed by atoms with Crippen LogP contribution in [0.5, 0.6) is 0 Å². The number of nitrogens with zero attached hydrogens (tertiary/aromatic N) is 2. The Balaban J connectivity index is 2.01. The summed E-state index contributed by atoms with van der Waals surface area (Å²) in [5, 5.41) is 0.870. The van der Waals surface area contributed by atoms with Gasteiger partial charge < -0.3 is 0 Å². The van der Waals surface area contributed by atoms with E-state index in [1.54, 1.807) is 10.6 Å². The third kappa shape index (κ3) is 3.71. The van der Waals surface area contributed by atoms with Crippen LogP contribution in [0, 0.1) is 27.7 Å². The number of hydrogen-bond donors (Lipinski definition) is 0. The molecule has 0 aliphatic carbocycles.